The molecule has 0 aliphatic heterocycles. The fourth-order valence-electron chi connectivity index (χ4n) is 2.54. The van der Waals surface area contributed by atoms with Crippen LogP contribution in [-0.4, -0.2) is 41.8 Å². The van der Waals surface area contributed by atoms with Crippen LogP contribution in [0.2, 0.25) is 0 Å². The van der Waals surface area contributed by atoms with Gasteiger partial charge in [-0.05, 0) is 36.8 Å². The summed E-state index contributed by atoms with van der Waals surface area (Å²) in [5, 5.41) is 2.59. The van der Waals surface area contributed by atoms with Gasteiger partial charge in [0, 0.05) is 12.3 Å². The highest BCUT2D eigenvalue weighted by Gasteiger charge is 2.23. The first-order valence-electron chi connectivity index (χ1n) is 8.31. The highest BCUT2D eigenvalue weighted by atomic mass is 32.2. The van der Waals surface area contributed by atoms with E-state index in [-0.39, 0.29) is 10.6 Å². The van der Waals surface area contributed by atoms with E-state index >= 15 is 0 Å². The van der Waals surface area contributed by atoms with E-state index in [0.29, 0.717) is 15.9 Å². The van der Waals surface area contributed by atoms with Gasteiger partial charge in [0.1, 0.15) is 6.54 Å². The maximum absolute atomic E-state index is 13.5. The molecule has 11 heteroatoms. The largest absolute Gasteiger partial charge is 0.348 e. The summed E-state index contributed by atoms with van der Waals surface area (Å²) >= 11 is 0. The Morgan fingerprint density at radius 1 is 1.00 bits per heavy atom. The zero-order valence-corrected chi connectivity index (χ0v) is 17.5. The number of amides is 1. The molecule has 0 heterocycles. The second-order valence-electron chi connectivity index (χ2n) is 6.50. The lowest BCUT2D eigenvalue weighted by Crippen LogP contribution is -2.41. The Labute approximate surface area is 168 Å². The van der Waals surface area contributed by atoms with E-state index in [2.05, 4.69) is 5.32 Å². The van der Waals surface area contributed by atoms with Crippen LogP contribution in [0.1, 0.15) is 18.5 Å². The zero-order valence-electron chi connectivity index (χ0n) is 15.9. The van der Waals surface area contributed by atoms with Crippen molar-refractivity contribution in [1.82, 2.24) is 5.32 Å². The number of benzene rings is 2. The summed E-state index contributed by atoms with van der Waals surface area (Å²) < 4.78 is 74.3. The van der Waals surface area contributed by atoms with Crippen molar-refractivity contribution in [3.05, 3.63) is 59.7 Å². The van der Waals surface area contributed by atoms with Crippen LogP contribution in [0.3, 0.4) is 0 Å². The molecule has 29 heavy (non-hydrogen) atoms. The van der Waals surface area contributed by atoms with Gasteiger partial charge in [0.2, 0.25) is 15.9 Å². The Hall–Kier alpha value is -2.53. The Morgan fingerprint density at radius 3 is 2.07 bits per heavy atom. The van der Waals surface area contributed by atoms with Crippen molar-refractivity contribution in [3.63, 3.8) is 0 Å². The number of rotatable bonds is 7. The summed E-state index contributed by atoms with van der Waals surface area (Å²) in [4.78, 5) is 12.5. The van der Waals surface area contributed by atoms with Gasteiger partial charge in [-0.2, -0.15) is 0 Å². The van der Waals surface area contributed by atoms with Gasteiger partial charge in [-0.3, -0.25) is 9.10 Å². The number of halogens is 2. The molecule has 2 rings (SSSR count). The van der Waals surface area contributed by atoms with Crippen molar-refractivity contribution in [2.45, 2.75) is 17.9 Å². The molecule has 0 saturated carbocycles. The van der Waals surface area contributed by atoms with Crippen LogP contribution >= 0.6 is 0 Å². The lowest BCUT2D eigenvalue weighted by atomic mass is 10.1. The molecule has 0 bridgehead atoms. The van der Waals surface area contributed by atoms with Gasteiger partial charge in [-0.25, -0.2) is 25.6 Å². The highest BCUT2D eigenvalue weighted by Crippen LogP contribution is 2.21. The molecule has 1 atom stereocenters. The van der Waals surface area contributed by atoms with Crippen LogP contribution in [0.15, 0.2) is 47.4 Å². The lowest BCUT2D eigenvalue weighted by molar-refractivity contribution is -0.120. The topological polar surface area (TPSA) is 101 Å². The van der Waals surface area contributed by atoms with Crippen molar-refractivity contribution in [3.8, 4) is 0 Å². The van der Waals surface area contributed by atoms with E-state index in [9.17, 15) is 30.4 Å². The Morgan fingerprint density at radius 2 is 1.59 bits per heavy atom. The predicted molar refractivity (Wildman–Crippen MR) is 105 cm³/mol. The Kier molecular flexibility index (Phi) is 6.63. The summed E-state index contributed by atoms with van der Waals surface area (Å²) in [6, 6.07) is 7.83. The fraction of sp³-hybridized carbons (Fsp3) is 0.278. The SMILES string of the molecule is C[C@@H](NC(=O)CN(c1ccc(F)c(F)c1)S(C)(=O)=O)c1ccc(S(C)(=O)=O)cc1. The second-order valence-corrected chi connectivity index (χ2v) is 10.4. The maximum Gasteiger partial charge on any atom is 0.241 e. The van der Waals surface area contributed by atoms with Crippen molar-refractivity contribution in [2.24, 2.45) is 0 Å². The van der Waals surface area contributed by atoms with E-state index in [0.717, 1.165) is 24.6 Å². The maximum atomic E-state index is 13.5. The van der Waals surface area contributed by atoms with Crippen LogP contribution in [0.25, 0.3) is 0 Å². The van der Waals surface area contributed by atoms with Crippen LogP contribution in [0, 0.1) is 11.6 Å². The van der Waals surface area contributed by atoms with E-state index in [1.165, 1.54) is 24.3 Å². The van der Waals surface area contributed by atoms with E-state index in [1.807, 2.05) is 0 Å². The molecular weight excluding hydrogens is 426 g/mol. The van der Waals surface area contributed by atoms with Gasteiger partial charge in [0.05, 0.1) is 22.9 Å². The number of sulfone groups is 1. The number of sulfonamides is 1. The number of nitrogens with zero attached hydrogens (tertiary/aromatic N) is 1. The molecule has 1 amide bonds. The molecule has 2 aromatic carbocycles. The highest BCUT2D eigenvalue weighted by molar-refractivity contribution is 7.92. The first-order chi connectivity index (χ1) is 13.3. The van der Waals surface area contributed by atoms with Gasteiger partial charge in [0.25, 0.3) is 0 Å². The lowest BCUT2D eigenvalue weighted by Gasteiger charge is -2.23. The van der Waals surface area contributed by atoms with Crippen LogP contribution in [0.4, 0.5) is 14.5 Å². The summed E-state index contributed by atoms with van der Waals surface area (Å²) in [5.74, 6) is -3.06. The van der Waals surface area contributed by atoms with Crippen LogP contribution in [-0.2, 0) is 24.7 Å². The van der Waals surface area contributed by atoms with E-state index in [1.54, 1.807) is 6.92 Å². The molecule has 158 valence electrons. The molecular formula is C18H20F2N2O5S2. The van der Waals surface area contributed by atoms with Crippen LogP contribution in [0.5, 0.6) is 0 Å². The monoisotopic (exact) mass is 446 g/mol. The predicted octanol–water partition coefficient (Wildman–Crippen LogP) is 2.01. The molecule has 0 unspecified atom stereocenters. The number of nitrogens with one attached hydrogen (secondary N) is 1. The number of hydrogen-bond acceptors (Lipinski definition) is 5. The molecule has 1 N–H and O–H groups in total. The van der Waals surface area contributed by atoms with Gasteiger partial charge in [-0.15, -0.1) is 0 Å². The first kappa shape index (κ1) is 22.8. The number of carbonyl (C=O) groups excluding carboxylic acids is 1. The minimum atomic E-state index is -3.95. The van der Waals surface area contributed by atoms with Gasteiger partial charge >= 0.3 is 0 Å². The molecule has 7 nitrogen and oxygen atoms in total. The molecule has 0 saturated heterocycles. The van der Waals surface area contributed by atoms with Crippen molar-refractivity contribution < 1.29 is 30.4 Å². The number of anilines is 1. The molecule has 0 fully saturated rings. The van der Waals surface area contributed by atoms with Crippen molar-refractivity contribution >= 4 is 31.5 Å². The molecule has 0 spiro atoms. The fourth-order valence-corrected chi connectivity index (χ4v) is 4.02. The average Bonchev–Trinajstić information content (AvgIpc) is 2.60. The van der Waals surface area contributed by atoms with Crippen molar-refractivity contribution in [1.29, 1.82) is 0 Å². The molecule has 0 aliphatic carbocycles. The molecule has 0 aliphatic rings. The third kappa shape index (κ3) is 5.97. The molecule has 0 radical (unpaired) electrons. The Bertz CT molecular complexity index is 1120. The summed E-state index contributed by atoms with van der Waals surface area (Å²) in [5.41, 5.74) is 0.413. The normalized spacial score (nSPS) is 13.0. The minimum absolute atomic E-state index is 0.126. The van der Waals surface area contributed by atoms with Crippen molar-refractivity contribution in [2.75, 3.05) is 23.4 Å². The third-order valence-electron chi connectivity index (χ3n) is 4.06. The van der Waals surface area contributed by atoms with Crippen LogP contribution < -0.4 is 9.62 Å². The quantitative estimate of drug-likeness (QED) is 0.701. The average molecular weight is 446 g/mol. The summed E-state index contributed by atoms with van der Waals surface area (Å²) in [7, 11) is -7.30. The van der Waals surface area contributed by atoms with Gasteiger partial charge < -0.3 is 5.32 Å². The zero-order chi connectivity index (χ0) is 22.0. The number of hydrogen-bond donors (Lipinski definition) is 1. The molecule has 2 aromatic rings. The summed E-state index contributed by atoms with van der Waals surface area (Å²) in [6.45, 7) is 0.991. The standard InChI is InChI=1S/C18H20F2N2O5S2/c1-12(13-4-7-15(8-5-13)28(2,24)25)21-18(23)11-22(29(3,26)27)14-6-9-16(19)17(20)10-14/h4-10,12H,11H2,1-3H3,(H,21,23)/t12-/m1/s1. The third-order valence-corrected chi connectivity index (χ3v) is 6.33. The minimum Gasteiger partial charge on any atom is -0.348 e. The first-order valence-corrected chi connectivity index (χ1v) is 12.0. The van der Waals surface area contributed by atoms with E-state index < -0.39 is 50.0 Å². The van der Waals surface area contributed by atoms with Gasteiger partial charge in [0.15, 0.2) is 21.5 Å². The van der Waals surface area contributed by atoms with E-state index in [4.69, 9.17) is 0 Å². The Balaban J connectivity index is 2.16. The summed E-state index contributed by atoms with van der Waals surface area (Å²) in [6.07, 6.45) is 1.92. The second kappa shape index (κ2) is 8.46. The van der Waals surface area contributed by atoms with Gasteiger partial charge in [-0.1, -0.05) is 12.1 Å². The smallest absolute Gasteiger partial charge is 0.241 e. The molecule has 0 aromatic heterocycles. The number of carbonyl (C=O) groups is 1.